The van der Waals surface area contributed by atoms with Gasteiger partial charge >= 0.3 is 11.8 Å². The maximum Gasteiger partial charge on any atom is 0.423 e. The molecule has 1 amide bonds. The summed E-state index contributed by atoms with van der Waals surface area (Å²) < 4.78 is 8.35. The number of nitrogens with zero attached hydrogens (tertiary/aromatic N) is 3. The summed E-state index contributed by atoms with van der Waals surface area (Å²) in [7, 11) is 1.64. The topological polar surface area (TPSA) is 73.5 Å². The van der Waals surface area contributed by atoms with E-state index >= 15 is 0 Å². The van der Waals surface area contributed by atoms with Crippen LogP contribution in [0.2, 0.25) is 0 Å². The Morgan fingerprint density at radius 3 is 2.34 bits per heavy atom. The molecule has 0 bridgehead atoms. The Morgan fingerprint density at radius 2 is 1.72 bits per heavy atom. The van der Waals surface area contributed by atoms with Crippen molar-refractivity contribution in [3.8, 4) is 0 Å². The molecule has 3 aromatic rings. The van der Waals surface area contributed by atoms with Crippen LogP contribution in [0.15, 0.2) is 57.8 Å². The normalized spacial score (nSPS) is 11.5. The monoisotopic (exact) mass is 459 g/mol. The standard InChI is InChI=1S/C21H22BrN3O4/c1-21(2,3)29-20(28)25-16-11-10-14(22)12-17(16)24(19(25)27)13-18(26)23(4)15-8-6-5-7-9-15/h5-12H,13H2,1-4H3. The van der Waals surface area contributed by atoms with E-state index in [-0.39, 0.29) is 12.5 Å². The van der Waals surface area contributed by atoms with E-state index in [1.165, 1.54) is 9.47 Å². The van der Waals surface area contributed by atoms with Crippen molar-refractivity contribution >= 4 is 44.7 Å². The fraction of sp³-hybridized carbons (Fsp3) is 0.286. The molecule has 0 unspecified atom stereocenters. The third-order valence-electron chi connectivity index (χ3n) is 4.28. The Hall–Kier alpha value is -2.87. The van der Waals surface area contributed by atoms with Crippen LogP contribution >= 0.6 is 15.9 Å². The number of imidazole rings is 1. The lowest BCUT2D eigenvalue weighted by Crippen LogP contribution is -2.37. The number of ether oxygens (including phenoxy) is 1. The number of aromatic nitrogens is 2. The van der Waals surface area contributed by atoms with Crippen molar-refractivity contribution in [3.05, 3.63) is 63.5 Å². The summed E-state index contributed by atoms with van der Waals surface area (Å²) in [6.45, 7) is 4.96. The Labute approximate surface area is 176 Å². The van der Waals surface area contributed by atoms with Gasteiger partial charge < -0.3 is 9.64 Å². The van der Waals surface area contributed by atoms with Gasteiger partial charge in [0.1, 0.15) is 12.1 Å². The molecule has 0 aliphatic carbocycles. The first kappa shape index (κ1) is 20.9. The molecule has 0 saturated carbocycles. The number of benzene rings is 2. The molecule has 0 saturated heterocycles. The number of hydrogen-bond acceptors (Lipinski definition) is 4. The molecule has 0 radical (unpaired) electrons. The maximum atomic E-state index is 13.1. The van der Waals surface area contributed by atoms with Crippen LogP contribution in [0.25, 0.3) is 11.0 Å². The van der Waals surface area contributed by atoms with Gasteiger partial charge in [0.25, 0.3) is 0 Å². The molecule has 7 nitrogen and oxygen atoms in total. The van der Waals surface area contributed by atoms with Crippen molar-refractivity contribution in [1.82, 2.24) is 9.13 Å². The Bertz CT molecular complexity index is 1130. The van der Waals surface area contributed by atoms with Gasteiger partial charge in [0, 0.05) is 17.2 Å². The Kier molecular flexibility index (Phi) is 5.66. The van der Waals surface area contributed by atoms with Crippen LogP contribution in [0.5, 0.6) is 0 Å². The smallest absolute Gasteiger partial charge is 0.423 e. The van der Waals surface area contributed by atoms with E-state index in [2.05, 4.69) is 15.9 Å². The second kappa shape index (κ2) is 7.87. The van der Waals surface area contributed by atoms with Crippen molar-refractivity contribution in [1.29, 1.82) is 0 Å². The molecule has 1 aromatic heterocycles. The fourth-order valence-electron chi connectivity index (χ4n) is 2.90. The van der Waals surface area contributed by atoms with Crippen molar-refractivity contribution in [2.75, 3.05) is 11.9 Å². The fourth-order valence-corrected chi connectivity index (χ4v) is 3.25. The molecule has 0 fully saturated rings. The number of para-hydroxylation sites is 1. The number of carbonyl (C=O) groups is 2. The van der Waals surface area contributed by atoms with Gasteiger partial charge in [-0.2, -0.15) is 4.57 Å². The first-order valence-electron chi connectivity index (χ1n) is 9.04. The number of carbonyl (C=O) groups excluding carboxylic acids is 2. The van der Waals surface area contributed by atoms with Crippen LogP contribution in [0, 0.1) is 0 Å². The van der Waals surface area contributed by atoms with E-state index in [9.17, 15) is 14.4 Å². The highest BCUT2D eigenvalue weighted by Gasteiger charge is 2.25. The number of hydrogen-bond donors (Lipinski definition) is 0. The van der Waals surface area contributed by atoms with Gasteiger partial charge in [-0.1, -0.05) is 34.1 Å². The summed E-state index contributed by atoms with van der Waals surface area (Å²) in [5.41, 5.74) is 0.168. The van der Waals surface area contributed by atoms with Crippen molar-refractivity contribution in [3.63, 3.8) is 0 Å². The average molecular weight is 460 g/mol. The first-order valence-corrected chi connectivity index (χ1v) is 9.83. The number of amides is 1. The third kappa shape index (κ3) is 4.42. The van der Waals surface area contributed by atoms with E-state index in [4.69, 9.17) is 4.74 Å². The molecular formula is C21H22BrN3O4. The Morgan fingerprint density at radius 1 is 1.07 bits per heavy atom. The quantitative estimate of drug-likeness (QED) is 0.592. The van der Waals surface area contributed by atoms with E-state index in [1.54, 1.807) is 58.2 Å². The first-order chi connectivity index (χ1) is 13.6. The molecule has 29 heavy (non-hydrogen) atoms. The molecular weight excluding hydrogens is 438 g/mol. The van der Waals surface area contributed by atoms with Gasteiger partial charge in [-0.15, -0.1) is 0 Å². The minimum absolute atomic E-state index is 0.215. The number of fused-ring (bicyclic) bond motifs is 1. The number of rotatable bonds is 3. The van der Waals surface area contributed by atoms with Gasteiger partial charge in [-0.3, -0.25) is 9.36 Å². The molecule has 8 heteroatoms. The summed E-state index contributed by atoms with van der Waals surface area (Å²) in [5, 5.41) is 0. The minimum atomic E-state index is -0.780. The molecule has 2 aromatic carbocycles. The third-order valence-corrected chi connectivity index (χ3v) is 4.77. The summed E-state index contributed by atoms with van der Waals surface area (Å²) in [5.74, 6) is -0.290. The number of likely N-dealkylation sites (N-methyl/N-ethyl adjacent to an activating group) is 1. The molecule has 1 heterocycles. The van der Waals surface area contributed by atoms with Crippen LogP contribution in [0.3, 0.4) is 0 Å². The van der Waals surface area contributed by atoms with E-state index in [1.807, 2.05) is 18.2 Å². The average Bonchev–Trinajstić information content (AvgIpc) is 2.91. The number of anilines is 1. The lowest BCUT2D eigenvalue weighted by atomic mass is 10.2. The van der Waals surface area contributed by atoms with Gasteiger partial charge in [0.05, 0.1) is 11.0 Å². The molecule has 0 spiro atoms. The second-order valence-corrected chi connectivity index (χ2v) is 8.52. The molecule has 152 valence electrons. The highest BCUT2D eigenvalue weighted by molar-refractivity contribution is 9.10. The van der Waals surface area contributed by atoms with Crippen molar-refractivity contribution in [2.24, 2.45) is 0 Å². The van der Waals surface area contributed by atoms with Crippen LogP contribution in [0.1, 0.15) is 20.8 Å². The van der Waals surface area contributed by atoms with E-state index < -0.39 is 17.4 Å². The zero-order valence-corrected chi connectivity index (χ0v) is 18.3. The largest absolute Gasteiger partial charge is 0.443 e. The summed E-state index contributed by atoms with van der Waals surface area (Å²) in [6, 6.07) is 14.2. The summed E-state index contributed by atoms with van der Waals surface area (Å²) >= 11 is 3.38. The van der Waals surface area contributed by atoms with E-state index in [0.717, 1.165) is 9.04 Å². The van der Waals surface area contributed by atoms with Gasteiger partial charge in [-0.05, 0) is 51.1 Å². The zero-order chi connectivity index (χ0) is 21.3. The second-order valence-electron chi connectivity index (χ2n) is 7.61. The van der Waals surface area contributed by atoms with Crippen molar-refractivity contribution < 1.29 is 14.3 Å². The van der Waals surface area contributed by atoms with Crippen LogP contribution in [-0.2, 0) is 16.1 Å². The maximum absolute atomic E-state index is 13.1. The van der Waals surface area contributed by atoms with Crippen molar-refractivity contribution in [2.45, 2.75) is 32.9 Å². The molecule has 0 N–H and O–H groups in total. The molecule has 0 aliphatic heterocycles. The van der Waals surface area contributed by atoms with Crippen LogP contribution in [0.4, 0.5) is 10.5 Å². The lowest BCUT2D eigenvalue weighted by molar-refractivity contribution is -0.118. The van der Waals surface area contributed by atoms with Gasteiger partial charge in [0.2, 0.25) is 5.91 Å². The predicted octanol–water partition coefficient (Wildman–Crippen LogP) is 4.01. The Balaban J connectivity index is 2.05. The summed E-state index contributed by atoms with van der Waals surface area (Å²) in [6.07, 6.45) is -0.780. The zero-order valence-electron chi connectivity index (χ0n) is 16.7. The van der Waals surface area contributed by atoms with Crippen LogP contribution < -0.4 is 10.6 Å². The molecule has 0 aliphatic rings. The highest BCUT2D eigenvalue weighted by Crippen LogP contribution is 2.21. The summed E-state index contributed by atoms with van der Waals surface area (Å²) in [4.78, 5) is 40.0. The predicted molar refractivity (Wildman–Crippen MR) is 115 cm³/mol. The lowest BCUT2D eigenvalue weighted by Gasteiger charge is -2.19. The molecule has 0 atom stereocenters. The van der Waals surface area contributed by atoms with Gasteiger partial charge in [-0.25, -0.2) is 9.59 Å². The minimum Gasteiger partial charge on any atom is -0.443 e. The van der Waals surface area contributed by atoms with Gasteiger partial charge in [0.15, 0.2) is 0 Å². The van der Waals surface area contributed by atoms with E-state index in [0.29, 0.717) is 16.7 Å². The van der Waals surface area contributed by atoms with Crippen LogP contribution in [-0.4, -0.2) is 33.8 Å². The highest BCUT2D eigenvalue weighted by atomic mass is 79.9. The number of halogens is 1. The SMILES string of the molecule is CN(C(=O)Cn1c(=O)n(C(=O)OC(C)(C)C)c2ccc(Br)cc21)c1ccccc1. The molecule has 3 rings (SSSR count).